The van der Waals surface area contributed by atoms with Crippen LogP contribution in [0.1, 0.15) is 10.4 Å². The van der Waals surface area contributed by atoms with Crippen LogP contribution in [0.2, 0.25) is 0 Å². The number of nitrogens with zero attached hydrogens (tertiary/aromatic N) is 2. The van der Waals surface area contributed by atoms with Gasteiger partial charge in [0.05, 0.1) is 20.0 Å². The monoisotopic (exact) mass is 545 g/mol. The molecule has 36 heavy (non-hydrogen) atoms. The highest BCUT2D eigenvalue weighted by atomic mass is 32.2. The van der Waals surface area contributed by atoms with Gasteiger partial charge in [-0.15, -0.1) is 6.58 Å². The van der Waals surface area contributed by atoms with E-state index in [2.05, 4.69) is 16.3 Å². The Balaban J connectivity index is 1.63. The Morgan fingerprint density at radius 1 is 1.03 bits per heavy atom. The molecule has 4 aromatic rings. The molecule has 0 fully saturated rings. The molecule has 0 saturated carbocycles. The van der Waals surface area contributed by atoms with E-state index in [0.717, 1.165) is 30.5 Å². The van der Waals surface area contributed by atoms with Crippen molar-refractivity contribution in [3.63, 3.8) is 0 Å². The van der Waals surface area contributed by atoms with Crippen LogP contribution in [0.25, 0.3) is 10.2 Å². The zero-order chi connectivity index (χ0) is 26.1. The van der Waals surface area contributed by atoms with Gasteiger partial charge in [0.15, 0.2) is 14.6 Å². The molecule has 4 rings (SSSR count). The second-order valence-corrected chi connectivity index (χ2v) is 12.4. The highest BCUT2D eigenvalue weighted by Gasteiger charge is 2.16. The van der Waals surface area contributed by atoms with E-state index in [0.29, 0.717) is 21.6 Å². The van der Waals surface area contributed by atoms with Gasteiger partial charge >= 0.3 is 0 Å². The minimum absolute atomic E-state index is 0.102. The van der Waals surface area contributed by atoms with Crippen LogP contribution in [-0.4, -0.2) is 33.6 Å². The fourth-order valence-electron chi connectivity index (χ4n) is 3.34. The van der Waals surface area contributed by atoms with Crippen LogP contribution in [0, 0.1) is 5.82 Å². The molecule has 0 saturated heterocycles. The van der Waals surface area contributed by atoms with E-state index in [1.54, 1.807) is 22.8 Å². The molecule has 0 bridgehead atoms. The number of rotatable bonds is 7. The van der Waals surface area contributed by atoms with Gasteiger partial charge in [-0.1, -0.05) is 17.4 Å². The lowest BCUT2D eigenvalue weighted by Gasteiger charge is -2.08. The average molecular weight is 546 g/mol. The fraction of sp³-hybridized carbons (Fsp3) is 0.0833. The van der Waals surface area contributed by atoms with Gasteiger partial charge in [-0.3, -0.25) is 9.52 Å². The van der Waals surface area contributed by atoms with E-state index in [4.69, 9.17) is 0 Å². The molecule has 1 amide bonds. The predicted octanol–water partition coefficient (Wildman–Crippen LogP) is 3.97. The van der Waals surface area contributed by atoms with E-state index < -0.39 is 31.6 Å². The van der Waals surface area contributed by atoms with Gasteiger partial charge in [-0.25, -0.2) is 21.2 Å². The zero-order valence-electron chi connectivity index (χ0n) is 18.9. The van der Waals surface area contributed by atoms with Gasteiger partial charge in [0, 0.05) is 24.1 Å². The van der Waals surface area contributed by atoms with Crippen LogP contribution in [0.15, 0.2) is 94.2 Å². The van der Waals surface area contributed by atoms with E-state index >= 15 is 0 Å². The van der Waals surface area contributed by atoms with Crippen molar-refractivity contribution < 1.29 is 26.0 Å². The lowest BCUT2D eigenvalue weighted by molar-refractivity contribution is 0.0998. The second-order valence-electron chi connectivity index (χ2n) is 7.74. The Labute approximate surface area is 211 Å². The molecule has 12 heteroatoms. The van der Waals surface area contributed by atoms with Crippen molar-refractivity contribution in [2.24, 2.45) is 4.99 Å². The number of sulfonamides is 1. The number of halogens is 1. The number of carbonyl (C=O) groups excluding carboxylic acids is 1. The normalized spacial score (nSPS) is 12.6. The number of anilines is 1. The van der Waals surface area contributed by atoms with Crippen molar-refractivity contribution in [2.75, 3.05) is 11.0 Å². The molecule has 0 aliphatic carbocycles. The van der Waals surface area contributed by atoms with Crippen molar-refractivity contribution in [2.45, 2.75) is 16.3 Å². The molecule has 0 radical (unpaired) electrons. The third kappa shape index (κ3) is 5.45. The summed E-state index contributed by atoms with van der Waals surface area (Å²) in [6.45, 7) is 4.08. The minimum atomic E-state index is -3.93. The van der Waals surface area contributed by atoms with E-state index in [9.17, 15) is 26.0 Å². The standard InChI is InChI=1S/C24H20FN3O5S3/c1-3-14-28-21-13-12-20(35(2,30)31)15-22(21)34-24(28)26-23(29)16-4-8-18(9-5-16)27-36(32,33)19-10-6-17(25)7-11-19/h3-13,15,27H,1,14H2,2H3. The highest BCUT2D eigenvalue weighted by molar-refractivity contribution is 7.92. The maximum atomic E-state index is 13.1. The van der Waals surface area contributed by atoms with E-state index in [1.807, 2.05) is 0 Å². The molecule has 0 atom stereocenters. The molecule has 1 N–H and O–H groups in total. The van der Waals surface area contributed by atoms with Gasteiger partial charge in [0.1, 0.15) is 5.82 Å². The summed E-state index contributed by atoms with van der Waals surface area (Å²) in [6, 6.07) is 14.8. The number of fused-ring (bicyclic) bond motifs is 1. The summed E-state index contributed by atoms with van der Waals surface area (Å²) in [5.74, 6) is -1.11. The van der Waals surface area contributed by atoms with Crippen molar-refractivity contribution in [3.05, 3.63) is 95.6 Å². The number of thiazole rings is 1. The number of hydrogen-bond donors (Lipinski definition) is 1. The number of benzene rings is 3. The first-order chi connectivity index (χ1) is 17.0. The van der Waals surface area contributed by atoms with Crippen LogP contribution in [0.3, 0.4) is 0 Å². The molecule has 0 unspecified atom stereocenters. The number of amides is 1. The van der Waals surface area contributed by atoms with Gasteiger partial charge in [-0.2, -0.15) is 4.99 Å². The maximum Gasteiger partial charge on any atom is 0.279 e. The molecular formula is C24H20FN3O5S3. The van der Waals surface area contributed by atoms with E-state index in [1.165, 1.54) is 41.7 Å². The molecule has 0 aliphatic rings. The summed E-state index contributed by atoms with van der Waals surface area (Å²) in [7, 11) is -7.33. The summed E-state index contributed by atoms with van der Waals surface area (Å²) in [5, 5.41) is 0. The SMILES string of the molecule is C=CCn1c(=NC(=O)c2ccc(NS(=O)(=O)c3ccc(F)cc3)cc2)sc2cc(S(C)(=O)=O)ccc21. The zero-order valence-corrected chi connectivity index (χ0v) is 21.3. The average Bonchev–Trinajstić information content (AvgIpc) is 3.15. The van der Waals surface area contributed by atoms with Crippen molar-refractivity contribution >= 4 is 53.0 Å². The summed E-state index contributed by atoms with van der Waals surface area (Å²) in [4.78, 5) is 17.5. The Hall–Kier alpha value is -3.61. The summed E-state index contributed by atoms with van der Waals surface area (Å²) < 4.78 is 66.6. The van der Waals surface area contributed by atoms with Gasteiger partial charge in [0.2, 0.25) is 0 Å². The number of sulfone groups is 1. The fourth-order valence-corrected chi connectivity index (χ4v) is 6.19. The largest absolute Gasteiger partial charge is 0.312 e. The second kappa shape index (κ2) is 9.80. The number of nitrogens with one attached hydrogen (secondary N) is 1. The third-order valence-corrected chi connectivity index (χ3v) is 8.65. The smallest absolute Gasteiger partial charge is 0.279 e. The summed E-state index contributed by atoms with van der Waals surface area (Å²) in [6.07, 6.45) is 2.76. The highest BCUT2D eigenvalue weighted by Crippen LogP contribution is 2.22. The van der Waals surface area contributed by atoms with E-state index in [-0.39, 0.29) is 21.0 Å². The summed E-state index contributed by atoms with van der Waals surface area (Å²) >= 11 is 1.17. The molecule has 1 aromatic heterocycles. The molecule has 1 heterocycles. The molecule has 0 aliphatic heterocycles. The van der Waals surface area contributed by atoms with Gasteiger partial charge < -0.3 is 4.57 Å². The Morgan fingerprint density at radius 2 is 1.67 bits per heavy atom. The predicted molar refractivity (Wildman–Crippen MR) is 137 cm³/mol. The Bertz CT molecular complexity index is 1750. The topological polar surface area (TPSA) is 115 Å². The van der Waals surface area contributed by atoms with Gasteiger partial charge in [0.25, 0.3) is 15.9 Å². The van der Waals surface area contributed by atoms with Crippen LogP contribution in [0.5, 0.6) is 0 Å². The van der Waals surface area contributed by atoms with Crippen LogP contribution < -0.4 is 9.52 Å². The number of carbonyl (C=O) groups is 1. The Morgan fingerprint density at radius 3 is 2.28 bits per heavy atom. The minimum Gasteiger partial charge on any atom is -0.312 e. The van der Waals surface area contributed by atoms with Gasteiger partial charge in [-0.05, 0) is 66.7 Å². The van der Waals surface area contributed by atoms with Crippen molar-refractivity contribution in [1.82, 2.24) is 4.57 Å². The van der Waals surface area contributed by atoms with Crippen molar-refractivity contribution in [3.8, 4) is 0 Å². The maximum absolute atomic E-state index is 13.1. The lowest BCUT2D eigenvalue weighted by atomic mass is 10.2. The molecule has 186 valence electrons. The number of allylic oxidation sites excluding steroid dienone is 1. The molecule has 3 aromatic carbocycles. The summed E-state index contributed by atoms with van der Waals surface area (Å²) in [5.41, 5.74) is 1.15. The number of hydrogen-bond acceptors (Lipinski definition) is 6. The quantitative estimate of drug-likeness (QED) is 0.353. The number of aromatic nitrogens is 1. The van der Waals surface area contributed by atoms with Crippen molar-refractivity contribution in [1.29, 1.82) is 0 Å². The van der Waals surface area contributed by atoms with Crippen LogP contribution in [-0.2, 0) is 26.4 Å². The molecule has 8 nitrogen and oxygen atoms in total. The van der Waals surface area contributed by atoms with Crippen LogP contribution in [0.4, 0.5) is 10.1 Å². The van der Waals surface area contributed by atoms with Crippen LogP contribution >= 0.6 is 11.3 Å². The third-order valence-electron chi connectivity index (χ3n) is 5.10. The molecular weight excluding hydrogens is 525 g/mol. The first-order valence-electron chi connectivity index (χ1n) is 10.4. The first-order valence-corrected chi connectivity index (χ1v) is 14.6. The first kappa shape index (κ1) is 25.5. The molecule has 0 spiro atoms. The lowest BCUT2D eigenvalue weighted by Crippen LogP contribution is -2.16. The Kier molecular flexibility index (Phi) is 6.94.